The van der Waals surface area contributed by atoms with Crippen molar-refractivity contribution in [1.29, 1.82) is 0 Å². The highest BCUT2D eigenvalue weighted by atomic mass is 16.5. The van der Waals surface area contributed by atoms with E-state index in [0.29, 0.717) is 30.5 Å². The number of hydrogen-bond acceptors (Lipinski definition) is 7. The number of para-hydroxylation sites is 1. The minimum atomic E-state index is -0.595. The van der Waals surface area contributed by atoms with Gasteiger partial charge in [-0.3, -0.25) is 18.9 Å². The first-order valence-electron chi connectivity index (χ1n) is 10.9. The summed E-state index contributed by atoms with van der Waals surface area (Å²) in [5.41, 5.74) is 5.71. The average molecular weight is 473 g/mol. The number of nitrogens with zero attached hydrogens (tertiary/aromatic N) is 3. The molecule has 5 rings (SSSR count). The van der Waals surface area contributed by atoms with Crippen molar-refractivity contribution in [2.75, 3.05) is 13.7 Å². The third kappa shape index (κ3) is 4.75. The molecule has 0 radical (unpaired) electrons. The first kappa shape index (κ1) is 23.7. The Hall–Kier alpha value is -4.50. The zero-order valence-electron chi connectivity index (χ0n) is 19.3. The quantitative estimate of drug-likeness (QED) is 0.344. The molecule has 3 aromatic carbocycles. The number of rotatable bonds is 7. The molecule has 0 bridgehead atoms. The van der Waals surface area contributed by atoms with E-state index in [9.17, 15) is 9.59 Å². The van der Waals surface area contributed by atoms with E-state index in [0.717, 1.165) is 46.7 Å². The van der Waals surface area contributed by atoms with Crippen molar-refractivity contribution in [2.24, 2.45) is 0 Å². The van der Waals surface area contributed by atoms with E-state index in [1.807, 2.05) is 72.2 Å². The van der Waals surface area contributed by atoms with Crippen LogP contribution in [-0.2, 0) is 6.54 Å². The van der Waals surface area contributed by atoms with Crippen molar-refractivity contribution in [3.63, 3.8) is 0 Å². The van der Waals surface area contributed by atoms with Gasteiger partial charge in [0.25, 0.3) is 6.01 Å². The molecular weight excluding hydrogens is 448 g/mol. The number of nitrogens with one attached hydrogen (secondary N) is 1. The Labute approximate surface area is 200 Å². The number of aromatic nitrogens is 4. The van der Waals surface area contributed by atoms with Crippen LogP contribution in [0.1, 0.15) is 22.8 Å². The second-order valence-corrected chi connectivity index (χ2v) is 7.43. The van der Waals surface area contributed by atoms with Crippen LogP contribution < -0.4 is 10.5 Å². The number of carbonyl (C=O) groups is 1. The van der Waals surface area contributed by atoms with Gasteiger partial charge in [0, 0.05) is 18.2 Å². The van der Waals surface area contributed by atoms with Crippen LogP contribution in [0.2, 0.25) is 0 Å². The number of fused-ring (bicyclic) bond motifs is 1. The number of imidazole rings is 1. The highest BCUT2D eigenvalue weighted by Gasteiger charge is 2.16. The van der Waals surface area contributed by atoms with Gasteiger partial charge in [-0.05, 0) is 35.7 Å². The summed E-state index contributed by atoms with van der Waals surface area (Å²) in [7, 11) is 1.00. The van der Waals surface area contributed by atoms with E-state index in [2.05, 4.69) is 19.6 Å². The van der Waals surface area contributed by atoms with Gasteiger partial charge in [0.15, 0.2) is 12.1 Å². The summed E-state index contributed by atoms with van der Waals surface area (Å²) < 4.78 is 12.3. The van der Waals surface area contributed by atoms with Crippen molar-refractivity contribution in [2.45, 2.75) is 13.5 Å². The van der Waals surface area contributed by atoms with Crippen LogP contribution in [0.5, 0.6) is 6.01 Å². The lowest BCUT2D eigenvalue weighted by Crippen LogP contribution is -2.06. The number of benzene rings is 3. The molecular formula is C26H24N4O5. The maximum atomic E-state index is 11.6. The molecule has 9 nitrogen and oxygen atoms in total. The number of aliphatic hydroxyl groups excluding tert-OH is 1. The molecule has 0 amide bonds. The van der Waals surface area contributed by atoms with Crippen LogP contribution in [0, 0.1) is 0 Å². The summed E-state index contributed by atoms with van der Waals surface area (Å²) in [5, 5.41) is 10.8. The number of aldehydes is 1. The summed E-state index contributed by atoms with van der Waals surface area (Å²) in [6.07, 6.45) is 0.838. The molecule has 0 saturated carbocycles. The lowest BCUT2D eigenvalue weighted by Gasteiger charge is -2.12. The van der Waals surface area contributed by atoms with Crippen LogP contribution in [0.25, 0.3) is 33.5 Å². The highest BCUT2D eigenvalue weighted by Crippen LogP contribution is 2.31. The third-order valence-electron chi connectivity index (χ3n) is 5.39. The predicted octanol–water partition coefficient (Wildman–Crippen LogP) is 3.91. The highest BCUT2D eigenvalue weighted by molar-refractivity contribution is 5.95. The van der Waals surface area contributed by atoms with Crippen molar-refractivity contribution in [3.8, 4) is 28.5 Å². The van der Waals surface area contributed by atoms with E-state index in [1.165, 1.54) is 0 Å². The molecule has 0 aliphatic carbocycles. The van der Waals surface area contributed by atoms with E-state index in [4.69, 9.17) is 9.84 Å². The first-order valence-corrected chi connectivity index (χ1v) is 10.9. The topological polar surface area (TPSA) is 123 Å². The molecule has 0 atom stereocenters. The summed E-state index contributed by atoms with van der Waals surface area (Å²) in [4.78, 5) is 30.2. The fraction of sp³-hybridized carbons (Fsp3) is 0.154. The Kier molecular flexibility index (Phi) is 7.18. The van der Waals surface area contributed by atoms with Gasteiger partial charge in [0.2, 0.25) is 0 Å². The second kappa shape index (κ2) is 10.6. The summed E-state index contributed by atoms with van der Waals surface area (Å²) >= 11 is 0. The van der Waals surface area contributed by atoms with Crippen LogP contribution >= 0.6 is 0 Å². The maximum absolute atomic E-state index is 11.6. The number of aromatic amines is 1. The monoisotopic (exact) mass is 472 g/mol. The van der Waals surface area contributed by atoms with Crippen molar-refractivity contribution in [1.82, 2.24) is 19.7 Å². The molecule has 0 unspecified atom stereocenters. The van der Waals surface area contributed by atoms with E-state index in [-0.39, 0.29) is 0 Å². The zero-order chi connectivity index (χ0) is 24.8. The molecule has 2 aromatic heterocycles. The Balaban J connectivity index is 0.00000141. The normalized spacial score (nSPS) is 10.6. The Bertz CT molecular complexity index is 1500. The van der Waals surface area contributed by atoms with Gasteiger partial charge < -0.3 is 9.84 Å². The number of aliphatic hydroxyl groups is 1. The molecule has 35 heavy (non-hydrogen) atoms. The number of H-pyrrole nitrogens is 1. The first-order chi connectivity index (χ1) is 17.2. The smallest absolute Gasteiger partial charge is 0.439 e. The molecule has 178 valence electrons. The number of hydrogen-bond donors (Lipinski definition) is 2. The van der Waals surface area contributed by atoms with E-state index < -0.39 is 5.76 Å². The molecule has 0 saturated heterocycles. The van der Waals surface area contributed by atoms with Crippen LogP contribution in [-0.4, -0.2) is 44.8 Å². The lowest BCUT2D eigenvalue weighted by atomic mass is 9.98. The fourth-order valence-corrected chi connectivity index (χ4v) is 3.93. The van der Waals surface area contributed by atoms with Gasteiger partial charge in [-0.1, -0.05) is 59.8 Å². The molecule has 0 fully saturated rings. The van der Waals surface area contributed by atoms with Crippen LogP contribution in [0.15, 0.2) is 76.0 Å². The van der Waals surface area contributed by atoms with Gasteiger partial charge in [-0.2, -0.15) is 4.98 Å². The molecule has 0 aliphatic rings. The summed E-state index contributed by atoms with van der Waals surface area (Å²) in [6, 6.07) is 21.6. The van der Waals surface area contributed by atoms with Gasteiger partial charge >= 0.3 is 5.76 Å². The SMILES string of the molecule is CCOc1nc2cccc(C=O)c2n1Cc1ccc(-c2ccccc2-c2noc(=O)[nH]2)cc1.CO. The molecule has 2 N–H and O–H groups in total. The maximum Gasteiger partial charge on any atom is 0.439 e. The largest absolute Gasteiger partial charge is 0.465 e. The number of carbonyl (C=O) groups excluding carboxylic acids is 1. The summed E-state index contributed by atoms with van der Waals surface area (Å²) in [6.45, 7) is 2.87. The second-order valence-electron chi connectivity index (χ2n) is 7.43. The number of ether oxygens (including phenoxy) is 1. The van der Waals surface area contributed by atoms with Gasteiger partial charge in [-0.25, -0.2) is 4.79 Å². The Morgan fingerprint density at radius 3 is 2.43 bits per heavy atom. The van der Waals surface area contributed by atoms with E-state index >= 15 is 0 Å². The van der Waals surface area contributed by atoms with Gasteiger partial charge in [0.05, 0.1) is 24.2 Å². The Morgan fingerprint density at radius 1 is 1.03 bits per heavy atom. The zero-order valence-corrected chi connectivity index (χ0v) is 19.3. The minimum Gasteiger partial charge on any atom is -0.465 e. The van der Waals surface area contributed by atoms with Crippen molar-refractivity contribution < 1.29 is 19.2 Å². The molecule has 9 heteroatoms. The average Bonchev–Trinajstić information content (AvgIpc) is 3.49. The van der Waals surface area contributed by atoms with Gasteiger partial charge in [0.1, 0.15) is 0 Å². The molecule has 2 heterocycles. The van der Waals surface area contributed by atoms with Crippen LogP contribution in [0.4, 0.5) is 0 Å². The molecule has 5 aromatic rings. The predicted molar refractivity (Wildman–Crippen MR) is 132 cm³/mol. The van der Waals surface area contributed by atoms with Crippen molar-refractivity contribution >= 4 is 17.3 Å². The summed E-state index contributed by atoms with van der Waals surface area (Å²) in [5.74, 6) is -0.213. The lowest BCUT2D eigenvalue weighted by molar-refractivity contribution is 0.112. The fourth-order valence-electron chi connectivity index (χ4n) is 3.93. The van der Waals surface area contributed by atoms with E-state index in [1.54, 1.807) is 6.07 Å². The molecule has 0 aliphatic heterocycles. The third-order valence-corrected chi connectivity index (χ3v) is 5.39. The minimum absolute atomic E-state index is 0.382. The van der Waals surface area contributed by atoms with Crippen molar-refractivity contribution in [3.05, 3.63) is 88.4 Å². The molecule has 0 spiro atoms. The van der Waals surface area contributed by atoms with Gasteiger partial charge in [-0.15, -0.1) is 0 Å². The van der Waals surface area contributed by atoms with Crippen LogP contribution in [0.3, 0.4) is 0 Å². The Morgan fingerprint density at radius 2 is 1.77 bits per heavy atom. The standard InChI is InChI=1S/C25H20N4O4.CH4O/c1-2-32-24-26-21-9-5-6-18(15-30)22(21)29(24)14-16-10-12-17(13-11-16)19-7-3-4-8-20(19)23-27-25(31)33-28-23;1-2/h3-13,15H,2,14H2,1H3,(H,27,28,31);2H,1H3.